The molecule has 0 radical (unpaired) electrons. The molecule has 0 aliphatic heterocycles. The third kappa shape index (κ3) is 5.86. The minimum Gasteiger partial charge on any atom is -0.483 e. The summed E-state index contributed by atoms with van der Waals surface area (Å²) in [5.41, 5.74) is 4.51. The fraction of sp³-hybridized carbons (Fsp3) is 0.125. The molecule has 0 saturated carbocycles. The third-order valence-electron chi connectivity index (χ3n) is 2.74. The van der Waals surface area contributed by atoms with Crippen LogP contribution in [0.4, 0.5) is 0 Å². The molecule has 8 heteroatoms. The highest BCUT2D eigenvalue weighted by atomic mass is 79.9. The van der Waals surface area contributed by atoms with Gasteiger partial charge >= 0.3 is 0 Å². The van der Waals surface area contributed by atoms with Gasteiger partial charge in [0.1, 0.15) is 17.3 Å². The minimum atomic E-state index is -0.486. The number of carbonyl (C=O) groups excluding carboxylic acids is 2. The lowest BCUT2D eigenvalue weighted by Crippen LogP contribution is -2.43. The SMILES string of the molecule is Cc1ccc(/C=C/C(=O)NNC(=O)COc2ccc(Br)cc2Br)o1. The Morgan fingerprint density at radius 3 is 2.67 bits per heavy atom. The first-order valence-electron chi connectivity index (χ1n) is 6.85. The minimum absolute atomic E-state index is 0.235. The van der Waals surface area contributed by atoms with Crippen LogP contribution in [-0.4, -0.2) is 18.4 Å². The maximum Gasteiger partial charge on any atom is 0.276 e. The maximum absolute atomic E-state index is 11.7. The third-order valence-corrected chi connectivity index (χ3v) is 3.85. The van der Waals surface area contributed by atoms with Crippen molar-refractivity contribution < 1.29 is 18.7 Å². The lowest BCUT2D eigenvalue weighted by molar-refractivity contribution is -0.128. The number of nitrogens with one attached hydrogen (secondary N) is 2. The Labute approximate surface area is 155 Å². The summed E-state index contributed by atoms with van der Waals surface area (Å²) in [6.07, 6.45) is 2.76. The number of hydrogen-bond donors (Lipinski definition) is 2. The highest BCUT2D eigenvalue weighted by Crippen LogP contribution is 2.27. The summed E-state index contributed by atoms with van der Waals surface area (Å²) < 4.78 is 12.2. The molecule has 0 spiro atoms. The average Bonchev–Trinajstić information content (AvgIpc) is 2.95. The summed E-state index contributed by atoms with van der Waals surface area (Å²) in [4.78, 5) is 23.2. The zero-order valence-electron chi connectivity index (χ0n) is 12.6. The highest BCUT2D eigenvalue weighted by molar-refractivity contribution is 9.11. The average molecular weight is 458 g/mol. The van der Waals surface area contributed by atoms with Crippen molar-refractivity contribution in [2.45, 2.75) is 6.92 Å². The number of ether oxygens (including phenoxy) is 1. The van der Waals surface area contributed by atoms with Gasteiger partial charge in [-0.2, -0.15) is 0 Å². The molecule has 0 atom stereocenters. The Bertz CT molecular complexity index is 771. The molecule has 0 aliphatic carbocycles. The molecule has 24 heavy (non-hydrogen) atoms. The molecule has 2 amide bonds. The number of aryl methyl sites for hydroxylation is 1. The van der Waals surface area contributed by atoms with Gasteiger partial charge in [0.2, 0.25) is 0 Å². The molecule has 0 fully saturated rings. The fourth-order valence-electron chi connectivity index (χ4n) is 1.65. The van der Waals surface area contributed by atoms with Gasteiger partial charge in [0.05, 0.1) is 4.47 Å². The summed E-state index contributed by atoms with van der Waals surface area (Å²) in [7, 11) is 0. The topological polar surface area (TPSA) is 80.6 Å². The van der Waals surface area contributed by atoms with E-state index in [0.717, 1.165) is 10.2 Å². The molecule has 126 valence electrons. The zero-order chi connectivity index (χ0) is 17.5. The van der Waals surface area contributed by atoms with E-state index in [1.54, 1.807) is 37.3 Å². The molecule has 1 heterocycles. The monoisotopic (exact) mass is 456 g/mol. The maximum atomic E-state index is 11.7. The van der Waals surface area contributed by atoms with Gasteiger partial charge in [0.15, 0.2) is 6.61 Å². The lowest BCUT2D eigenvalue weighted by Gasteiger charge is -2.09. The Morgan fingerprint density at radius 2 is 2.00 bits per heavy atom. The molecule has 0 aliphatic rings. The second kappa shape index (κ2) is 8.70. The Kier molecular flexibility index (Phi) is 6.62. The van der Waals surface area contributed by atoms with Crippen molar-refractivity contribution in [3.8, 4) is 5.75 Å². The Balaban J connectivity index is 1.74. The van der Waals surface area contributed by atoms with Crippen LogP contribution in [-0.2, 0) is 9.59 Å². The number of halogens is 2. The number of furan rings is 1. The first-order valence-corrected chi connectivity index (χ1v) is 8.44. The van der Waals surface area contributed by atoms with Gasteiger partial charge in [-0.3, -0.25) is 20.4 Å². The summed E-state index contributed by atoms with van der Waals surface area (Å²) in [6.45, 7) is 1.57. The van der Waals surface area contributed by atoms with E-state index in [1.165, 1.54) is 12.2 Å². The number of benzene rings is 1. The first-order chi connectivity index (χ1) is 11.4. The summed E-state index contributed by atoms with van der Waals surface area (Å²) >= 11 is 6.65. The second-order valence-corrected chi connectivity index (χ2v) is 6.45. The molecule has 1 aromatic heterocycles. The van der Waals surface area contributed by atoms with Crippen LogP contribution in [0.5, 0.6) is 5.75 Å². The molecule has 6 nitrogen and oxygen atoms in total. The molecule has 1 aromatic carbocycles. The van der Waals surface area contributed by atoms with Gasteiger partial charge in [-0.25, -0.2) is 0 Å². The summed E-state index contributed by atoms with van der Waals surface area (Å²) in [5, 5.41) is 0. The smallest absolute Gasteiger partial charge is 0.276 e. The number of carbonyl (C=O) groups is 2. The molecule has 0 saturated heterocycles. The van der Waals surface area contributed by atoms with Crippen LogP contribution in [0.1, 0.15) is 11.5 Å². The molecular weight excluding hydrogens is 444 g/mol. The quantitative estimate of drug-likeness (QED) is 0.532. The Hall–Kier alpha value is -2.06. The van der Waals surface area contributed by atoms with Crippen LogP contribution >= 0.6 is 31.9 Å². The molecule has 2 aromatic rings. The van der Waals surface area contributed by atoms with E-state index in [4.69, 9.17) is 9.15 Å². The van der Waals surface area contributed by atoms with Crippen LogP contribution in [0.2, 0.25) is 0 Å². The van der Waals surface area contributed by atoms with Crippen molar-refractivity contribution >= 4 is 49.8 Å². The molecular formula is C16H14Br2N2O4. The van der Waals surface area contributed by atoms with Crippen LogP contribution in [0.25, 0.3) is 6.08 Å². The molecule has 0 unspecified atom stereocenters. The number of rotatable bonds is 5. The van der Waals surface area contributed by atoms with E-state index in [9.17, 15) is 9.59 Å². The largest absolute Gasteiger partial charge is 0.483 e. The van der Waals surface area contributed by atoms with Gasteiger partial charge in [0.25, 0.3) is 11.8 Å². The fourth-order valence-corrected chi connectivity index (χ4v) is 2.81. The predicted molar refractivity (Wildman–Crippen MR) is 96.1 cm³/mol. The van der Waals surface area contributed by atoms with Crippen molar-refractivity contribution in [1.29, 1.82) is 0 Å². The van der Waals surface area contributed by atoms with Crippen molar-refractivity contribution in [3.63, 3.8) is 0 Å². The van der Waals surface area contributed by atoms with Crippen LogP contribution in [0, 0.1) is 6.92 Å². The molecule has 0 bridgehead atoms. The number of hydrogen-bond acceptors (Lipinski definition) is 4. The summed E-state index contributed by atoms with van der Waals surface area (Å²) in [6, 6.07) is 8.84. The van der Waals surface area contributed by atoms with Crippen molar-refractivity contribution in [2.24, 2.45) is 0 Å². The van der Waals surface area contributed by atoms with Crippen molar-refractivity contribution in [2.75, 3.05) is 6.61 Å². The number of hydrazine groups is 1. The van der Waals surface area contributed by atoms with E-state index in [2.05, 4.69) is 42.7 Å². The van der Waals surface area contributed by atoms with Crippen LogP contribution in [0.3, 0.4) is 0 Å². The standard InChI is InChI=1S/C16H14Br2N2O4/c1-10-2-4-12(24-10)5-7-15(21)19-20-16(22)9-23-14-6-3-11(17)8-13(14)18/h2-8H,9H2,1H3,(H,19,21)(H,20,22)/b7-5+. The van der Waals surface area contributed by atoms with E-state index in [-0.39, 0.29) is 6.61 Å². The zero-order valence-corrected chi connectivity index (χ0v) is 15.8. The normalized spacial score (nSPS) is 10.6. The number of amides is 2. The van der Waals surface area contributed by atoms with Crippen molar-refractivity contribution in [1.82, 2.24) is 10.9 Å². The molecule has 2 rings (SSSR count). The predicted octanol–water partition coefficient (Wildman–Crippen LogP) is 3.35. The van der Waals surface area contributed by atoms with E-state index in [1.807, 2.05) is 0 Å². The molecule has 2 N–H and O–H groups in total. The second-order valence-electron chi connectivity index (χ2n) is 4.68. The summed E-state index contributed by atoms with van der Waals surface area (Å²) in [5.74, 6) is 0.854. The van der Waals surface area contributed by atoms with Crippen molar-refractivity contribution in [3.05, 3.63) is 56.9 Å². The lowest BCUT2D eigenvalue weighted by atomic mass is 10.3. The van der Waals surface area contributed by atoms with Crippen LogP contribution in [0.15, 0.2) is 49.8 Å². The first kappa shape index (κ1) is 18.3. The van der Waals surface area contributed by atoms with E-state index in [0.29, 0.717) is 16.0 Å². The van der Waals surface area contributed by atoms with Crippen LogP contribution < -0.4 is 15.6 Å². The Morgan fingerprint density at radius 1 is 1.21 bits per heavy atom. The van der Waals surface area contributed by atoms with Gasteiger partial charge < -0.3 is 9.15 Å². The highest BCUT2D eigenvalue weighted by Gasteiger charge is 2.07. The van der Waals surface area contributed by atoms with Gasteiger partial charge in [-0.1, -0.05) is 15.9 Å². The van der Waals surface area contributed by atoms with Gasteiger partial charge in [-0.05, 0) is 59.3 Å². The van der Waals surface area contributed by atoms with E-state index >= 15 is 0 Å². The van der Waals surface area contributed by atoms with Gasteiger partial charge in [0, 0.05) is 10.5 Å². The van der Waals surface area contributed by atoms with Gasteiger partial charge in [-0.15, -0.1) is 0 Å². The van der Waals surface area contributed by atoms with E-state index < -0.39 is 11.8 Å².